The Morgan fingerprint density at radius 1 is 1.08 bits per heavy atom. The number of benzene rings is 2. The first kappa shape index (κ1) is 26.6. The fourth-order valence-electron chi connectivity index (χ4n) is 4.41. The zero-order valence-electron chi connectivity index (χ0n) is 20.7. The van der Waals surface area contributed by atoms with Gasteiger partial charge < -0.3 is 18.9 Å². The lowest BCUT2D eigenvalue weighted by Crippen LogP contribution is -2.34. The van der Waals surface area contributed by atoms with Gasteiger partial charge in [-0.2, -0.15) is 0 Å². The normalized spacial score (nSPS) is 17.4. The highest BCUT2D eigenvalue weighted by atomic mass is 16.6. The predicted octanol–water partition coefficient (Wildman–Crippen LogP) is 3.38. The molecular formula is C25H28N2O9. The minimum absolute atomic E-state index is 0.0184. The van der Waals surface area contributed by atoms with Crippen molar-refractivity contribution in [1.82, 2.24) is 4.90 Å². The van der Waals surface area contributed by atoms with Crippen molar-refractivity contribution in [2.75, 3.05) is 34.4 Å². The van der Waals surface area contributed by atoms with E-state index >= 15 is 0 Å². The first-order chi connectivity index (χ1) is 17.1. The number of ketones is 1. The first-order valence-electron chi connectivity index (χ1n) is 11.2. The molecule has 0 amide bonds. The molecule has 0 bridgehead atoms. The van der Waals surface area contributed by atoms with Gasteiger partial charge in [-0.05, 0) is 39.1 Å². The van der Waals surface area contributed by atoms with Crippen molar-refractivity contribution >= 4 is 23.4 Å². The van der Waals surface area contributed by atoms with Gasteiger partial charge in [-0.3, -0.25) is 24.6 Å². The molecule has 2 atom stereocenters. The number of nitro benzene ring substituents is 1. The van der Waals surface area contributed by atoms with Crippen LogP contribution >= 0.6 is 0 Å². The standard InChI is InChI=1S/C25H28N2O9/c1-14(28)22-20(33-4)12-21(34-5)23(18-10-11-26(3)19(18)13-35-15(2)29)24(22)36-25(30)16-6-8-17(9-7-16)27(31)32/h6-9,12,18-19H,10-11,13H2,1-5H3/t18?,19-/m1/s1. The molecule has 36 heavy (non-hydrogen) atoms. The molecule has 1 heterocycles. The highest BCUT2D eigenvalue weighted by molar-refractivity contribution is 6.02. The van der Waals surface area contributed by atoms with Gasteiger partial charge in [-0.1, -0.05) is 0 Å². The maximum absolute atomic E-state index is 13.1. The highest BCUT2D eigenvalue weighted by Gasteiger charge is 2.40. The Morgan fingerprint density at radius 2 is 1.72 bits per heavy atom. The van der Waals surface area contributed by atoms with Crippen LogP contribution in [0.5, 0.6) is 17.2 Å². The molecule has 1 saturated heterocycles. The van der Waals surface area contributed by atoms with Gasteiger partial charge in [-0.15, -0.1) is 0 Å². The molecule has 1 aliphatic heterocycles. The lowest BCUT2D eigenvalue weighted by molar-refractivity contribution is -0.384. The number of rotatable bonds is 9. The second kappa shape index (κ2) is 11.2. The third-order valence-corrected chi connectivity index (χ3v) is 6.20. The first-order valence-corrected chi connectivity index (χ1v) is 11.2. The third-order valence-electron chi connectivity index (χ3n) is 6.20. The molecule has 1 aliphatic rings. The summed E-state index contributed by atoms with van der Waals surface area (Å²) in [4.78, 5) is 49.8. The summed E-state index contributed by atoms with van der Waals surface area (Å²) >= 11 is 0. The Bertz CT molecular complexity index is 1180. The average Bonchev–Trinajstić information content (AvgIpc) is 3.21. The number of nitrogens with zero attached hydrogens (tertiary/aromatic N) is 2. The number of Topliss-reactive ketones (excluding diaryl/α,β-unsaturated/α-hetero) is 1. The molecule has 1 unspecified atom stereocenters. The Hall–Kier alpha value is -3.99. The van der Waals surface area contributed by atoms with E-state index in [1.54, 1.807) is 6.07 Å². The number of carbonyl (C=O) groups is 3. The van der Waals surface area contributed by atoms with Crippen molar-refractivity contribution in [2.45, 2.75) is 32.2 Å². The molecule has 2 aromatic carbocycles. The van der Waals surface area contributed by atoms with E-state index in [0.717, 1.165) is 0 Å². The van der Waals surface area contributed by atoms with Crippen molar-refractivity contribution in [3.63, 3.8) is 0 Å². The van der Waals surface area contributed by atoms with Gasteiger partial charge in [-0.25, -0.2) is 4.79 Å². The zero-order chi connectivity index (χ0) is 26.6. The van der Waals surface area contributed by atoms with E-state index < -0.39 is 22.6 Å². The van der Waals surface area contributed by atoms with Crippen LogP contribution < -0.4 is 14.2 Å². The smallest absolute Gasteiger partial charge is 0.343 e. The average molecular weight is 501 g/mol. The van der Waals surface area contributed by atoms with Crippen LogP contribution in [0.3, 0.4) is 0 Å². The quantitative estimate of drug-likeness (QED) is 0.166. The molecule has 3 rings (SSSR count). The van der Waals surface area contributed by atoms with Crippen molar-refractivity contribution < 1.29 is 38.3 Å². The number of carbonyl (C=O) groups excluding carboxylic acids is 3. The number of hydrogen-bond acceptors (Lipinski definition) is 10. The van der Waals surface area contributed by atoms with Crippen LogP contribution in [0.4, 0.5) is 5.69 Å². The minimum atomic E-state index is -0.813. The van der Waals surface area contributed by atoms with E-state index in [9.17, 15) is 24.5 Å². The largest absolute Gasteiger partial charge is 0.496 e. The van der Waals surface area contributed by atoms with E-state index in [2.05, 4.69) is 0 Å². The second-order valence-corrected chi connectivity index (χ2v) is 8.39. The molecular weight excluding hydrogens is 472 g/mol. The highest BCUT2D eigenvalue weighted by Crippen LogP contribution is 2.48. The maximum atomic E-state index is 13.1. The van der Waals surface area contributed by atoms with Gasteiger partial charge in [0.15, 0.2) is 11.5 Å². The lowest BCUT2D eigenvalue weighted by Gasteiger charge is -2.28. The fourth-order valence-corrected chi connectivity index (χ4v) is 4.41. The van der Waals surface area contributed by atoms with Gasteiger partial charge >= 0.3 is 11.9 Å². The molecule has 0 aliphatic carbocycles. The molecule has 11 heteroatoms. The number of hydrogen-bond donors (Lipinski definition) is 0. The van der Waals surface area contributed by atoms with Crippen molar-refractivity contribution in [3.05, 3.63) is 57.1 Å². The van der Waals surface area contributed by atoms with Crippen molar-refractivity contribution in [3.8, 4) is 17.2 Å². The lowest BCUT2D eigenvalue weighted by atomic mass is 9.87. The van der Waals surface area contributed by atoms with E-state index in [1.807, 2.05) is 11.9 Å². The number of nitro groups is 1. The van der Waals surface area contributed by atoms with Gasteiger partial charge in [0, 0.05) is 36.6 Å². The zero-order valence-corrected chi connectivity index (χ0v) is 20.7. The third kappa shape index (κ3) is 5.46. The van der Waals surface area contributed by atoms with Crippen LogP contribution in [0.25, 0.3) is 0 Å². The topological polar surface area (TPSA) is 135 Å². The number of likely N-dealkylation sites (tertiary alicyclic amines) is 1. The molecule has 2 aromatic rings. The molecule has 0 radical (unpaired) electrons. The number of ether oxygens (including phenoxy) is 4. The van der Waals surface area contributed by atoms with Crippen LogP contribution in [-0.2, 0) is 9.53 Å². The number of methoxy groups -OCH3 is 2. The Morgan fingerprint density at radius 3 is 2.25 bits per heavy atom. The summed E-state index contributed by atoms with van der Waals surface area (Å²) in [5, 5.41) is 11.0. The predicted molar refractivity (Wildman–Crippen MR) is 128 cm³/mol. The summed E-state index contributed by atoms with van der Waals surface area (Å²) in [6.07, 6.45) is 0.616. The summed E-state index contributed by atoms with van der Waals surface area (Å²) < 4.78 is 22.2. The number of esters is 2. The molecule has 1 fully saturated rings. The Labute approximate surface area is 208 Å². The van der Waals surface area contributed by atoms with Crippen LogP contribution in [0.2, 0.25) is 0 Å². The fraction of sp³-hybridized carbons (Fsp3) is 0.400. The summed E-state index contributed by atoms with van der Waals surface area (Å²) in [7, 11) is 4.72. The summed E-state index contributed by atoms with van der Waals surface area (Å²) in [6.45, 7) is 3.41. The van der Waals surface area contributed by atoms with E-state index in [4.69, 9.17) is 18.9 Å². The number of non-ortho nitro benzene ring substituents is 1. The van der Waals surface area contributed by atoms with Gasteiger partial charge in [0.1, 0.15) is 23.7 Å². The van der Waals surface area contributed by atoms with Crippen molar-refractivity contribution in [2.24, 2.45) is 0 Å². The Kier molecular flexibility index (Phi) is 8.25. The summed E-state index contributed by atoms with van der Waals surface area (Å²) in [6, 6.07) is 6.23. The van der Waals surface area contributed by atoms with Crippen molar-refractivity contribution in [1.29, 1.82) is 0 Å². The second-order valence-electron chi connectivity index (χ2n) is 8.39. The van der Waals surface area contributed by atoms with Crippen LogP contribution in [0.15, 0.2) is 30.3 Å². The summed E-state index contributed by atoms with van der Waals surface area (Å²) in [5.41, 5.74) is 0.412. The van der Waals surface area contributed by atoms with Gasteiger partial charge in [0.25, 0.3) is 5.69 Å². The van der Waals surface area contributed by atoms with E-state index in [0.29, 0.717) is 24.3 Å². The van der Waals surface area contributed by atoms with Crippen LogP contribution in [0.1, 0.15) is 52.5 Å². The van der Waals surface area contributed by atoms with Crippen LogP contribution in [0, 0.1) is 10.1 Å². The molecule has 0 saturated carbocycles. The maximum Gasteiger partial charge on any atom is 0.343 e. The van der Waals surface area contributed by atoms with Gasteiger partial charge in [0.2, 0.25) is 0 Å². The summed E-state index contributed by atoms with van der Waals surface area (Å²) in [5.74, 6) is -1.46. The molecule has 0 N–H and O–H groups in total. The molecule has 11 nitrogen and oxygen atoms in total. The minimum Gasteiger partial charge on any atom is -0.496 e. The molecule has 192 valence electrons. The Balaban J connectivity index is 2.15. The number of likely N-dealkylation sites (N-methyl/N-ethyl adjacent to an activating group) is 1. The molecule has 0 spiro atoms. The van der Waals surface area contributed by atoms with Crippen LogP contribution in [-0.4, -0.2) is 68.0 Å². The van der Waals surface area contributed by atoms with E-state index in [1.165, 1.54) is 52.3 Å². The van der Waals surface area contributed by atoms with E-state index in [-0.39, 0.29) is 46.9 Å². The molecule has 0 aromatic heterocycles. The SMILES string of the molecule is COc1cc(OC)c(C2CCN(C)[C@@H]2COC(C)=O)c(OC(=O)c2ccc([N+](=O)[O-])cc2)c1C(C)=O. The van der Waals surface area contributed by atoms with Gasteiger partial charge in [0.05, 0.1) is 30.7 Å². The monoisotopic (exact) mass is 500 g/mol.